The number of para-hydroxylation sites is 1. The zero-order valence-corrected chi connectivity index (χ0v) is 12.5. The summed E-state index contributed by atoms with van der Waals surface area (Å²) in [7, 11) is 0. The molecular formula is C16H23N3O2. The number of hydrogen-bond acceptors (Lipinski definition) is 4. The summed E-state index contributed by atoms with van der Waals surface area (Å²) in [5, 5.41) is 3.41. The Balaban J connectivity index is 1.70. The minimum atomic E-state index is 0.140. The Morgan fingerprint density at radius 3 is 3.10 bits per heavy atom. The van der Waals surface area contributed by atoms with E-state index in [0.717, 1.165) is 19.6 Å². The number of hydrogen-bond donors (Lipinski definition) is 1. The van der Waals surface area contributed by atoms with Crippen molar-refractivity contribution in [1.82, 2.24) is 10.2 Å². The Bertz CT molecular complexity index is 506. The first-order chi connectivity index (χ1) is 10.2. The summed E-state index contributed by atoms with van der Waals surface area (Å²) in [5.41, 5.74) is 2.44. The van der Waals surface area contributed by atoms with Gasteiger partial charge in [0.15, 0.2) is 0 Å². The minimum Gasteiger partial charge on any atom is -0.375 e. The molecule has 5 nitrogen and oxygen atoms in total. The van der Waals surface area contributed by atoms with Crippen molar-refractivity contribution in [2.75, 3.05) is 44.2 Å². The van der Waals surface area contributed by atoms with E-state index in [4.69, 9.17) is 4.74 Å². The van der Waals surface area contributed by atoms with Gasteiger partial charge in [-0.05, 0) is 18.6 Å². The summed E-state index contributed by atoms with van der Waals surface area (Å²) in [6.07, 6.45) is 0.140. The quantitative estimate of drug-likeness (QED) is 0.876. The molecule has 2 aliphatic rings. The van der Waals surface area contributed by atoms with Crippen LogP contribution in [-0.2, 0) is 16.1 Å². The van der Waals surface area contributed by atoms with Gasteiger partial charge in [0.25, 0.3) is 0 Å². The van der Waals surface area contributed by atoms with Gasteiger partial charge in [0.2, 0.25) is 5.91 Å². The second kappa shape index (κ2) is 6.45. The summed E-state index contributed by atoms with van der Waals surface area (Å²) in [6, 6.07) is 8.33. The highest BCUT2D eigenvalue weighted by molar-refractivity contribution is 5.82. The lowest BCUT2D eigenvalue weighted by molar-refractivity contribution is -0.136. The second-order valence-corrected chi connectivity index (χ2v) is 5.75. The van der Waals surface area contributed by atoms with Gasteiger partial charge in [-0.15, -0.1) is 0 Å². The lowest BCUT2D eigenvalue weighted by Gasteiger charge is -2.33. The van der Waals surface area contributed by atoms with E-state index in [2.05, 4.69) is 28.4 Å². The molecule has 0 bridgehead atoms. The Hall–Kier alpha value is -1.59. The van der Waals surface area contributed by atoms with Gasteiger partial charge in [0.05, 0.1) is 19.3 Å². The number of amides is 1. The van der Waals surface area contributed by atoms with Crippen molar-refractivity contribution in [1.29, 1.82) is 0 Å². The predicted molar refractivity (Wildman–Crippen MR) is 82.4 cm³/mol. The van der Waals surface area contributed by atoms with E-state index < -0.39 is 0 Å². The van der Waals surface area contributed by atoms with Gasteiger partial charge in [-0.1, -0.05) is 18.2 Å². The van der Waals surface area contributed by atoms with Crippen molar-refractivity contribution in [3.63, 3.8) is 0 Å². The molecule has 2 aliphatic heterocycles. The largest absolute Gasteiger partial charge is 0.375 e. The minimum absolute atomic E-state index is 0.140. The number of carbonyl (C=O) groups excluding carboxylic acids is 1. The molecule has 0 radical (unpaired) electrons. The second-order valence-electron chi connectivity index (χ2n) is 5.75. The van der Waals surface area contributed by atoms with E-state index >= 15 is 0 Å². The highest BCUT2D eigenvalue weighted by Gasteiger charge is 2.24. The lowest BCUT2D eigenvalue weighted by atomic mass is 10.1. The van der Waals surface area contributed by atoms with Crippen LogP contribution in [0.3, 0.4) is 0 Å². The number of carbonyl (C=O) groups is 1. The van der Waals surface area contributed by atoms with Crippen LogP contribution >= 0.6 is 0 Å². The molecule has 2 heterocycles. The van der Waals surface area contributed by atoms with Gasteiger partial charge in [-0.2, -0.15) is 0 Å². The average molecular weight is 289 g/mol. The molecule has 1 aromatic carbocycles. The number of nitrogens with one attached hydrogen (secondary N) is 1. The molecule has 0 aliphatic carbocycles. The zero-order chi connectivity index (χ0) is 14.7. The highest BCUT2D eigenvalue weighted by Crippen LogP contribution is 2.22. The Morgan fingerprint density at radius 2 is 2.24 bits per heavy atom. The first-order valence-corrected chi connectivity index (χ1v) is 7.67. The Morgan fingerprint density at radius 1 is 1.38 bits per heavy atom. The van der Waals surface area contributed by atoms with Crippen LogP contribution in [0, 0.1) is 0 Å². The van der Waals surface area contributed by atoms with Crippen molar-refractivity contribution in [3.05, 3.63) is 29.8 Å². The molecule has 114 valence electrons. The molecule has 1 aromatic rings. The first kappa shape index (κ1) is 14.4. The van der Waals surface area contributed by atoms with Gasteiger partial charge >= 0.3 is 0 Å². The molecular weight excluding hydrogens is 266 g/mol. The summed E-state index contributed by atoms with van der Waals surface area (Å²) in [5.74, 6) is 0.196. The molecule has 1 atom stereocenters. The number of morpholine rings is 1. The van der Waals surface area contributed by atoms with Crippen molar-refractivity contribution in [2.45, 2.75) is 19.6 Å². The maximum atomic E-state index is 12.5. The molecule has 1 N–H and O–H groups in total. The predicted octanol–water partition coefficient (Wildman–Crippen LogP) is 0.844. The highest BCUT2D eigenvalue weighted by atomic mass is 16.5. The van der Waals surface area contributed by atoms with Crippen LogP contribution in [0.15, 0.2) is 24.3 Å². The van der Waals surface area contributed by atoms with Crippen molar-refractivity contribution in [2.24, 2.45) is 0 Å². The van der Waals surface area contributed by atoms with Crippen LogP contribution in [0.5, 0.6) is 0 Å². The molecule has 3 rings (SSSR count). The number of rotatable bonds is 2. The average Bonchev–Trinajstić information content (AvgIpc) is 2.70. The van der Waals surface area contributed by atoms with E-state index in [1.807, 2.05) is 17.9 Å². The fraction of sp³-hybridized carbons (Fsp3) is 0.562. The number of ether oxygens (including phenoxy) is 1. The molecule has 5 heteroatoms. The number of nitrogens with zero attached hydrogens (tertiary/aromatic N) is 2. The number of fused-ring (bicyclic) bond motifs is 1. The maximum Gasteiger partial charge on any atom is 0.242 e. The zero-order valence-electron chi connectivity index (χ0n) is 12.5. The van der Waals surface area contributed by atoms with E-state index in [9.17, 15) is 4.79 Å². The van der Waals surface area contributed by atoms with Crippen LogP contribution < -0.4 is 10.2 Å². The molecule has 1 amide bonds. The van der Waals surface area contributed by atoms with Gasteiger partial charge in [0, 0.05) is 38.4 Å². The van der Waals surface area contributed by atoms with Gasteiger partial charge in [-0.3, -0.25) is 4.79 Å². The number of benzene rings is 1. The third-order valence-electron chi connectivity index (χ3n) is 4.13. The molecule has 0 spiro atoms. The molecule has 0 saturated carbocycles. The van der Waals surface area contributed by atoms with Crippen LogP contribution in [0.2, 0.25) is 0 Å². The monoisotopic (exact) mass is 289 g/mol. The van der Waals surface area contributed by atoms with E-state index in [1.54, 1.807) is 0 Å². The summed E-state index contributed by atoms with van der Waals surface area (Å²) < 4.78 is 5.51. The van der Waals surface area contributed by atoms with Crippen molar-refractivity contribution >= 4 is 11.6 Å². The maximum absolute atomic E-state index is 12.5. The van der Waals surface area contributed by atoms with Gasteiger partial charge in [0.1, 0.15) is 0 Å². The summed E-state index contributed by atoms with van der Waals surface area (Å²) in [4.78, 5) is 16.7. The Kier molecular flexibility index (Phi) is 4.41. The van der Waals surface area contributed by atoms with E-state index in [0.29, 0.717) is 26.2 Å². The third kappa shape index (κ3) is 3.36. The molecule has 21 heavy (non-hydrogen) atoms. The fourth-order valence-corrected chi connectivity index (χ4v) is 3.00. The first-order valence-electron chi connectivity index (χ1n) is 7.67. The standard InChI is InChI=1S/C16H23N3O2/c1-13-11-19(8-9-21-13)16(20)12-18-7-6-17-10-14-4-2-3-5-15(14)18/h2-5,13,17H,6-12H2,1H3. The fourth-order valence-electron chi connectivity index (χ4n) is 3.00. The summed E-state index contributed by atoms with van der Waals surface area (Å²) >= 11 is 0. The molecule has 0 aromatic heterocycles. The smallest absolute Gasteiger partial charge is 0.242 e. The van der Waals surface area contributed by atoms with Gasteiger partial charge < -0.3 is 19.9 Å². The van der Waals surface area contributed by atoms with Crippen molar-refractivity contribution < 1.29 is 9.53 Å². The van der Waals surface area contributed by atoms with Crippen LogP contribution in [0.4, 0.5) is 5.69 Å². The molecule has 1 unspecified atom stereocenters. The van der Waals surface area contributed by atoms with Crippen LogP contribution in [0.1, 0.15) is 12.5 Å². The molecule has 1 saturated heterocycles. The lowest BCUT2D eigenvalue weighted by Crippen LogP contribution is -2.48. The van der Waals surface area contributed by atoms with Crippen LogP contribution in [-0.4, -0.2) is 56.2 Å². The van der Waals surface area contributed by atoms with Gasteiger partial charge in [-0.25, -0.2) is 0 Å². The topological polar surface area (TPSA) is 44.8 Å². The third-order valence-corrected chi connectivity index (χ3v) is 4.13. The number of anilines is 1. The van der Waals surface area contributed by atoms with E-state index in [1.165, 1.54) is 11.3 Å². The van der Waals surface area contributed by atoms with Crippen molar-refractivity contribution in [3.8, 4) is 0 Å². The SMILES string of the molecule is CC1CN(C(=O)CN2CCNCc3ccccc32)CCO1. The summed E-state index contributed by atoms with van der Waals surface area (Å²) in [6.45, 7) is 7.16. The van der Waals surface area contributed by atoms with Crippen LogP contribution in [0.25, 0.3) is 0 Å². The normalized spacial score (nSPS) is 22.6. The van der Waals surface area contributed by atoms with E-state index in [-0.39, 0.29) is 12.0 Å². The molecule has 1 fully saturated rings. The Labute approximate surface area is 125 Å².